The first-order chi connectivity index (χ1) is 15.6. The summed E-state index contributed by atoms with van der Waals surface area (Å²) in [6, 6.07) is 17.1. The van der Waals surface area contributed by atoms with Crippen LogP contribution < -0.4 is 5.32 Å². The molecule has 1 heterocycles. The number of carbonyl (C=O) groups is 1. The van der Waals surface area contributed by atoms with Crippen molar-refractivity contribution in [2.75, 3.05) is 0 Å². The van der Waals surface area contributed by atoms with Crippen molar-refractivity contribution in [3.05, 3.63) is 66.1 Å². The number of aromatic nitrogens is 1. The average Bonchev–Trinajstić information content (AvgIpc) is 3.24. The van der Waals surface area contributed by atoms with Crippen LogP contribution in [0.2, 0.25) is 0 Å². The van der Waals surface area contributed by atoms with E-state index in [1.54, 1.807) is 0 Å². The molecule has 4 rings (SSSR count). The Labute approximate surface area is 188 Å². The maximum absolute atomic E-state index is 11.7. The number of aryl methyl sites for hydroxylation is 1. The first kappa shape index (κ1) is 22.3. The maximum atomic E-state index is 11.7. The average molecular weight is 437 g/mol. The largest absolute Gasteiger partial charge is 0.465 e. The van der Waals surface area contributed by atoms with E-state index in [4.69, 9.17) is 4.42 Å². The smallest absolute Gasteiger partial charge is 0.404 e. The van der Waals surface area contributed by atoms with Crippen molar-refractivity contribution in [2.24, 2.45) is 11.8 Å². The van der Waals surface area contributed by atoms with Crippen molar-refractivity contribution in [1.82, 2.24) is 10.3 Å². The number of aliphatic hydroxyl groups is 1. The van der Waals surface area contributed by atoms with E-state index >= 15 is 0 Å². The second kappa shape index (κ2) is 10.6. The number of oxazole rings is 1. The summed E-state index contributed by atoms with van der Waals surface area (Å²) >= 11 is 0. The third-order valence-electron chi connectivity index (χ3n) is 6.72. The van der Waals surface area contributed by atoms with Gasteiger partial charge in [0.2, 0.25) is 5.89 Å². The molecule has 3 N–H and O–H groups in total. The van der Waals surface area contributed by atoms with E-state index in [0.29, 0.717) is 23.4 Å². The number of benzene rings is 2. The van der Waals surface area contributed by atoms with E-state index in [9.17, 15) is 15.0 Å². The number of hydrogen-bond acceptors (Lipinski definition) is 4. The van der Waals surface area contributed by atoms with E-state index in [1.807, 2.05) is 42.5 Å². The van der Waals surface area contributed by atoms with Gasteiger partial charge in [-0.15, -0.1) is 0 Å². The van der Waals surface area contributed by atoms with Gasteiger partial charge in [0.15, 0.2) is 5.58 Å². The van der Waals surface area contributed by atoms with Gasteiger partial charge in [-0.2, -0.15) is 0 Å². The fraction of sp³-hybridized carbons (Fsp3) is 0.462. The highest BCUT2D eigenvalue weighted by Gasteiger charge is 2.35. The van der Waals surface area contributed by atoms with Gasteiger partial charge >= 0.3 is 6.09 Å². The predicted octanol–water partition coefficient (Wildman–Crippen LogP) is 5.72. The fourth-order valence-electron chi connectivity index (χ4n) is 5.04. The Hall–Kier alpha value is -2.86. The minimum atomic E-state index is -1.06. The number of rotatable bonds is 9. The van der Waals surface area contributed by atoms with E-state index < -0.39 is 12.2 Å². The summed E-state index contributed by atoms with van der Waals surface area (Å²) < 4.78 is 5.87. The molecular weight excluding hydrogens is 404 g/mol. The highest BCUT2D eigenvalue weighted by atomic mass is 16.4. The van der Waals surface area contributed by atoms with Crippen LogP contribution in [0, 0.1) is 11.8 Å². The molecule has 3 aromatic rings. The van der Waals surface area contributed by atoms with Gasteiger partial charge in [0, 0.05) is 12.0 Å². The topological polar surface area (TPSA) is 95.6 Å². The number of para-hydroxylation sites is 2. The van der Waals surface area contributed by atoms with Crippen molar-refractivity contribution in [3.8, 4) is 0 Å². The number of aliphatic hydroxyl groups excluding tert-OH is 1. The van der Waals surface area contributed by atoms with Crippen LogP contribution in [0.3, 0.4) is 0 Å². The summed E-state index contributed by atoms with van der Waals surface area (Å²) in [5.74, 6) is 0.377. The number of nitrogens with one attached hydrogen (secondary N) is 1. The van der Waals surface area contributed by atoms with Crippen LogP contribution in [-0.2, 0) is 6.42 Å². The molecular formula is C26H32N2O4. The van der Waals surface area contributed by atoms with Crippen molar-refractivity contribution in [2.45, 2.75) is 63.5 Å². The quantitative estimate of drug-likeness (QED) is 0.399. The minimum Gasteiger partial charge on any atom is -0.465 e. The van der Waals surface area contributed by atoms with Gasteiger partial charge in [-0.3, -0.25) is 0 Å². The van der Waals surface area contributed by atoms with Crippen molar-refractivity contribution >= 4 is 17.2 Å². The van der Waals surface area contributed by atoms with Gasteiger partial charge in [-0.05, 0) is 42.9 Å². The Morgan fingerprint density at radius 3 is 2.50 bits per heavy atom. The first-order valence-electron chi connectivity index (χ1n) is 11.7. The molecule has 3 atom stereocenters. The predicted molar refractivity (Wildman–Crippen MR) is 123 cm³/mol. The normalized spacial score (nSPS) is 17.7. The van der Waals surface area contributed by atoms with Crippen LogP contribution in [0.15, 0.2) is 59.0 Å². The van der Waals surface area contributed by atoms with Crippen LogP contribution in [0.5, 0.6) is 0 Å². The van der Waals surface area contributed by atoms with Crippen LogP contribution in [-0.4, -0.2) is 27.3 Å². The van der Waals surface area contributed by atoms with Crippen molar-refractivity contribution in [3.63, 3.8) is 0 Å². The van der Waals surface area contributed by atoms with Crippen LogP contribution in [0.1, 0.15) is 62.5 Å². The number of carboxylic acid groups (broad SMARTS) is 1. The van der Waals surface area contributed by atoms with Gasteiger partial charge in [0.05, 0.1) is 0 Å². The summed E-state index contributed by atoms with van der Waals surface area (Å²) in [7, 11) is 0. The zero-order chi connectivity index (χ0) is 22.3. The molecule has 1 amide bonds. The summed E-state index contributed by atoms with van der Waals surface area (Å²) in [6.45, 7) is 0. The zero-order valence-electron chi connectivity index (χ0n) is 18.3. The Bertz CT molecular complexity index is 964. The Morgan fingerprint density at radius 2 is 1.78 bits per heavy atom. The van der Waals surface area contributed by atoms with Gasteiger partial charge in [-0.25, -0.2) is 9.78 Å². The Balaban J connectivity index is 1.60. The summed E-state index contributed by atoms with van der Waals surface area (Å²) in [5.41, 5.74) is 2.48. The monoisotopic (exact) mass is 436 g/mol. The van der Waals surface area contributed by atoms with Gasteiger partial charge in [-0.1, -0.05) is 74.6 Å². The lowest BCUT2D eigenvalue weighted by Crippen LogP contribution is -2.43. The molecule has 1 unspecified atom stereocenters. The fourth-order valence-corrected chi connectivity index (χ4v) is 5.04. The lowest BCUT2D eigenvalue weighted by Gasteiger charge is -2.33. The molecule has 0 bridgehead atoms. The molecule has 0 spiro atoms. The highest BCUT2D eigenvalue weighted by molar-refractivity contribution is 5.72. The third-order valence-corrected chi connectivity index (χ3v) is 6.72. The summed E-state index contributed by atoms with van der Waals surface area (Å²) in [4.78, 5) is 16.2. The molecule has 6 heteroatoms. The van der Waals surface area contributed by atoms with Crippen LogP contribution in [0.25, 0.3) is 11.1 Å². The SMILES string of the molecule is O=C(O)N[C@@H](CC1CCCCC1)C(CCc1ccccc1)[C@H](O)c1nc2ccccc2o1. The zero-order valence-corrected chi connectivity index (χ0v) is 18.3. The molecule has 0 aliphatic heterocycles. The second-order valence-electron chi connectivity index (χ2n) is 8.95. The second-order valence-corrected chi connectivity index (χ2v) is 8.95. The third kappa shape index (κ3) is 5.68. The molecule has 0 radical (unpaired) electrons. The molecule has 1 aromatic heterocycles. The molecule has 0 saturated heterocycles. The van der Waals surface area contributed by atoms with Gasteiger partial charge in [0.1, 0.15) is 11.6 Å². The molecule has 1 saturated carbocycles. The van der Waals surface area contributed by atoms with Crippen molar-refractivity contribution in [1.29, 1.82) is 0 Å². The highest BCUT2D eigenvalue weighted by Crippen LogP contribution is 2.35. The number of nitrogens with zero attached hydrogens (tertiary/aromatic N) is 1. The molecule has 170 valence electrons. The molecule has 1 aliphatic carbocycles. The van der Waals surface area contributed by atoms with Crippen molar-refractivity contribution < 1.29 is 19.4 Å². The number of fused-ring (bicyclic) bond motifs is 1. The molecule has 6 nitrogen and oxygen atoms in total. The Kier molecular flexibility index (Phi) is 7.43. The Morgan fingerprint density at radius 1 is 1.06 bits per heavy atom. The lowest BCUT2D eigenvalue weighted by atomic mass is 9.78. The molecule has 1 fully saturated rings. The van der Waals surface area contributed by atoms with Gasteiger partial charge in [0.25, 0.3) is 0 Å². The number of hydrogen-bond donors (Lipinski definition) is 3. The maximum Gasteiger partial charge on any atom is 0.404 e. The lowest BCUT2D eigenvalue weighted by molar-refractivity contribution is 0.0487. The van der Waals surface area contributed by atoms with Gasteiger partial charge < -0.3 is 19.9 Å². The first-order valence-corrected chi connectivity index (χ1v) is 11.7. The van der Waals surface area contributed by atoms with E-state index in [1.165, 1.54) is 19.3 Å². The van der Waals surface area contributed by atoms with Crippen LogP contribution in [0.4, 0.5) is 4.79 Å². The molecule has 2 aromatic carbocycles. The van der Waals surface area contributed by atoms with Crippen LogP contribution >= 0.6 is 0 Å². The summed E-state index contributed by atoms with van der Waals surface area (Å²) in [6.07, 6.45) is 5.89. The summed E-state index contributed by atoms with van der Waals surface area (Å²) in [5, 5.41) is 23.7. The van der Waals surface area contributed by atoms with E-state index in [2.05, 4.69) is 22.4 Å². The standard InChI is InChI=1S/C26H32N2O4/c29-24(25-27-21-13-7-8-14-23(21)32-25)20(16-15-18-9-3-1-4-10-18)22(28-26(30)31)17-19-11-5-2-6-12-19/h1,3-4,7-10,13-14,19-20,22,24,28-29H,2,5-6,11-12,15-17H2,(H,30,31)/t20?,22-,24-/m0/s1. The minimum absolute atomic E-state index is 0.255. The van der Waals surface area contributed by atoms with E-state index in [0.717, 1.165) is 31.2 Å². The van der Waals surface area contributed by atoms with E-state index in [-0.39, 0.29) is 17.9 Å². The molecule has 1 aliphatic rings. The number of amides is 1. The molecule has 32 heavy (non-hydrogen) atoms.